The minimum absolute atomic E-state index is 0.129. The number of hydrogen-bond acceptors (Lipinski definition) is 8. The van der Waals surface area contributed by atoms with E-state index >= 15 is 0 Å². The number of nitrogens with one attached hydrogen (secondary N) is 2. The minimum Gasteiger partial charge on any atom is -0.352 e. The highest BCUT2D eigenvalue weighted by molar-refractivity contribution is 6.36. The van der Waals surface area contributed by atoms with Crippen LogP contribution in [0.15, 0.2) is 123 Å². The number of aromatic nitrogens is 2. The first-order chi connectivity index (χ1) is 30.3. The van der Waals surface area contributed by atoms with Gasteiger partial charge in [-0.2, -0.15) is 0 Å². The van der Waals surface area contributed by atoms with Gasteiger partial charge in [-0.25, -0.2) is 4.99 Å². The highest BCUT2D eigenvalue weighted by atomic mass is 16.6. The number of aliphatic imine (C=N–C) groups is 2. The monoisotopic (exact) mass is 843 g/mol. The minimum atomic E-state index is -2.12. The normalized spacial score (nSPS) is 21.5. The number of rotatable bonds is 10. The van der Waals surface area contributed by atoms with Crippen LogP contribution in [-0.2, 0) is 18.4 Å². The van der Waals surface area contributed by atoms with Crippen LogP contribution >= 0.6 is 0 Å². The van der Waals surface area contributed by atoms with Gasteiger partial charge in [-0.15, -0.1) is 0 Å². The van der Waals surface area contributed by atoms with Gasteiger partial charge in [0.05, 0.1) is 32.3 Å². The van der Waals surface area contributed by atoms with Gasteiger partial charge in [0, 0.05) is 33.8 Å². The summed E-state index contributed by atoms with van der Waals surface area (Å²) in [6, 6.07) is 23.7. The maximum absolute atomic E-state index is 14.7. The molecule has 8 rings (SSSR count). The van der Waals surface area contributed by atoms with Crippen LogP contribution in [0.2, 0.25) is 0 Å². The number of fused-ring (bicyclic) bond motifs is 6. The molecule has 2 atom stereocenters. The number of benzene rings is 3. The van der Waals surface area contributed by atoms with E-state index in [9.17, 15) is 30.3 Å². The number of non-ortho nitro benzene ring substituents is 1. The van der Waals surface area contributed by atoms with E-state index in [1.807, 2.05) is 116 Å². The lowest BCUT2D eigenvalue weighted by atomic mass is 9.74. The summed E-state index contributed by atoms with van der Waals surface area (Å²) in [5, 5.41) is 41.4. The van der Waals surface area contributed by atoms with Crippen LogP contribution in [-0.4, -0.2) is 42.2 Å². The summed E-state index contributed by atoms with van der Waals surface area (Å²) >= 11 is 0. The van der Waals surface area contributed by atoms with Crippen LogP contribution in [0.5, 0.6) is 0 Å². The molecule has 2 aromatic heterocycles. The molecular formula is C50H49N7O6. The van der Waals surface area contributed by atoms with E-state index in [1.54, 1.807) is 0 Å². The van der Waals surface area contributed by atoms with Crippen molar-refractivity contribution >= 4 is 34.0 Å². The van der Waals surface area contributed by atoms with Crippen molar-refractivity contribution in [3.63, 3.8) is 0 Å². The van der Waals surface area contributed by atoms with Crippen molar-refractivity contribution in [3.8, 4) is 0 Å². The average molecular weight is 844 g/mol. The van der Waals surface area contributed by atoms with Gasteiger partial charge in [0.25, 0.3) is 5.69 Å². The van der Waals surface area contributed by atoms with Crippen LogP contribution in [0.1, 0.15) is 105 Å². The first-order valence-electron chi connectivity index (χ1n) is 21.4. The van der Waals surface area contributed by atoms with Gasteiger partial charge in [-0.05, 0) is 121 Å². The van der Waals surface area contributed by atoms with Crippen molar-refractivity contribution in [1.82, 2.24) is 9.97 Å². The summed E-state index contributed by atoms with van der Waals surface area (Å²) < 4.78 is 0. The Bertz CT molecular complexity index is 3060. The molecule has 13 nitrogen and oxygen atoms in total. The summed E-state index contributed by atoms with van der Waals surface area (Å²) in [6.07, 6.45) is 1.70. The molecular weight excluding hydrogens is 795 g/mol. The fourth-order valence-electron chi connectivity index (χ4n) is 10.2. The molecule has 0 amide bonds. The molecule has 0 spiro atoms. The Hall–Kier alpha value is -7.28. The Morgan fingerprint density at radius 1 is 0.635 bits per heavy atom. The predicted molar refractivity (Wildman–Crippen MR) is 246 cm³/mol. The number of nitro groups is 3. The lowest BCUT2D eigenvalue weighted by Crippen LogP contribution is -2.48. The molecule has 3 aromatic carbocycles. The lowest BCUT2D eigenvalue weighted by Gasteiger charge is -2.32. The quantitative estimate of drug-likeness (QED) is 0.104. The van der Waals surface area contributed by atoms with Gasteiger partial charge in [-0.1, -0.05) is 88.4 Å². The molecule has 63 heavy (non-hydrogen) atoms. The predicted octanol–water partition coefficient (Wildman–Crippen LogP) is 9.30. The Labute approximate surface area is 364 Å². The van der Waals surface area contributed by atoms with Gasteiger partial charge in [0.2, 0.25) is 0 Å². The van der Waals surface area contributed by atoms with E-state index in [2.05, 4.69) is 9.97 Å². The third kappa shape index (κ3) is 6.35. The van der Waals surface area contributed by atoms with Crippen molar-refractivity contribution in [2.75, 3.05) is 0 Å². The number of nitro benzene ring substituents is 1. The van der Waals surface area contributed by atoms with Crippen molar-refractivity contribution in [2.45, 2.75) is 92.7 Å². The number of allylic oxidation sites excluding steroid dienone is 3. The van der Waals surface area contributed by atoms with Gasteiger partial charge in [0.15, 0.2) is 6.04 Å². The summed E-state index contributed by atoms with van der Waals surface area (Å²) in [5.74, 6) is 0. The van der Waals surface area contributed by atoms with Gasteiger partial charge >= 0.3 is 11.2 Å². The zero-order chi connectivity index (χ0) is 45.1. The molecule has 5 aromatic rings. The van der Waals surface area contributed by atoms with E-state index in [0.717, 1.165) is 44.5 Å². The SMILES string of the molecule is CCC1=C(C)/C2=C(\c3ccccc3)C3=NC(C(CC)=C3C)C(c3ccc([N+](=O)[O-])cc3)([N+](=O)[O-])c3[nH]c(c(C)c3CC)/C(c3ccccc3)=c3\[nH]/c(c(CC)c3C)=C(/[N+](=O)[O-])C1=N2. The van der Waals surface area contributed by atoms with Crippen LogP contribution in [0.25, 0.3) is 16.8 Å². The molecule has 2 N–H and O–H groups in total. The maximum Gasteiger partial charge on any atom is 0.318 e. The second-order valence-electron chi connectivity index (χ2n) is 16.2. The van der Waals surface area contributed by atoms with Crippen LogP contribution in [0.4, 0.5) is 5.69 Å². The number of H-pyrrole nitrogens is 2. The highest BCUT2D eigenvalue weighted by Crippen LogP contribution is 2.50. The molecule has 13 heteroatoms. The zero-order valence-electron chi connectivity index (χ0n) is 36.7. The first kappa shape index (κ1) is 42.4. The number of aromatic amines is 2. The van der Waals surface area contributed by atoms with E-state index in [0.29, 0.717) is 81.5 Å². The van der Waals surface area contributed by atoms with E-state index in [1.165, 1.54) is 24.3 Å². The third-order valence-corrected chi connectivity index (χ3v) is 13.3. The average Bonchev–Trinajstić information content (AvgIpc) is 3.99. The molecule has 2 unspecified atom stereocenters. The van der Waals surface area contributed by atoms with Crippen LogP contribution in [0, 0.1) is 44.2 Å². The number of nitrogens with zero attached hydrogens (tertiary/aromatic N) is 5. The fourth-order valence-corrected chi connectivity index (χ4v) is 10.2. The molecule has 8 bridgehead atoms. The summed E-state index contributed by atoms with van der Waals surface area (Å²) in [5.41, 5.74) is 8.69. The molecule has 0 saturated carbocycles. The van der Waals surface area contributed by atoms with Gasteiger partial charge in [0.1, 0.15) is 16.8 Å². The maximum atomic E-state index is 14.7. The van der Waals surface area contributed by atoms with Crippen molar-refractivity contribution in [1.29, 1.82) is 0 Å². The topological polar surface area (TPSA) is 186 Å². The lowest BCUT2D eigenvalue weighted by molar-refractivity contribution is -0.569. The van der Waals surface area contributed by atoms with Crippen molar-refractivity contribution < 1.29 is 14.8 Å². The summed E-state index contributed by atoms with van der Waals surface area (Å²) in [7, 11) is 0. The van der Waals surface area contributed by atoms with E-state index < -0.39 is 16.5 Å². The largest absolute Gasteiger partial charge is 0.352 e. The number of hydrogen-bond donors (Lipinski definition) is 2. The third-order valence-electron chi connectivity index (χ3n) is 13.3. The van der Waals surface area contributed by atoms with Crippen molar-refractivity contribution in [2.24, 2.45) is 9.98 Å². The second-order valence-corrected chi connectivity index (χ2v) is 16.2. The molecule has 3 aliphatic rings. The van der Waals surface area contributed by atoms with Gasteiger partial charge in [-0.3, -0.25) is 35.3 Å². The Morgan fingerprint density at radius 2 is 1.24 bits per heavy atom. The zero-order valence-corrected chi connectivity index (χ0v) is 36.7. The van der Waals surface area contributed by atoms with E-state index in [4.69, 9.17) is 9.98 Å². The standard InChI is InChI=1S/C50H49N7O6/c1-9-35-27(5)41-39(31-19-15-13-16-20-31)43-29(7)37(11-3)48(53-43)50(57(62)63,33-23-25-34(26-24-33)55(58)59)49-38(12-4)30(8)44(54-49)40(32-21-17-14-18-22-32)42-28(6)36(10-2)46(52-42)47(56(60)61)45(35)51-41/h13-26,48,52,54H,9-12H2,1-8H3/b41-39-,42-40-,47-46+. The molecule has 0 saturated heterocycles. The molecule has 0 aliphatic carbocycles. The highest BCUT2D eigenvalue weighted by Gasteiger charge is 2.60. The Kier molecular flexibility index (Phi) is 10.9. The molecule has 0 radical (unpaired) electrons. The fraction of sp³-hybridized carbons (Fsp3) is 0.280. The summed E-state index contributed by atoms with van der Waals surface area (Å²) in [6.45, 7) is 15.6. The van der Waals surface area contributed by atoms with Crippen molar-refractivity contribution in [3.05, 3.63) is 204 Å². The molecule has 5 heterocycles. The van der Waals surface area contributed by atoms with Crippen LogP contribution in [0.3, 0.4) is 0 Å². The Morgan fingerprint density at radius 3 is 1.76 bits per heavy atom. The van der Waals surface area contributed by atoms with Crippen LogP contribution < -0.4 is 10.7 Å². The first-order valence-corrected chi connectivity index (χ1v) is 21.4. The smallest absolute Gasteiger partial charge is 0.318 e. The molecule has 320 valence electrons. The van der Waals surface area contributed by atoms with E-state index in [-0.39, 0.29) is 32.5 Å². The van der Waals surface area contributed by atoms with Gasteiger partial charge < -0.3 is 9.97 Å². The molecule has 3 aliphatic heterocycles. The molecule has 0 fully saturated rings. The summed E-state index contributed by atoms with van der Waals surface area (Å²) in [4.78, 5) is 57.2. The second kappa shape index (κ2) is 16.2. The Balaban J connectivity index is 1.70.